The van der Waals surface area contributed by atoms with Crippen molar-refractivity contribution in [3.05, 3.63) is 0 Å². The Morgan fingerprint density at radius 3 is 2.08 bits per heavy atom. The fourth-order valence-electron chi connectivity index (χ4n) is 5.37. The van der Waals surface area contributed by atoms with Gasteiger partial charge in [0.15, 0.2) is 0 Å². The van der Waals surface area contributed by atoms with E-state index in [1.807, 2.05) is 0 Å². The van der Waals surface area contributed by atoms with E-state index >= 15 is 0 Å². The Bertz CT molecular complexity index is 646. The van der Waals surface area contributed by atoms with Gasteiger partial charge in [-0.2, -0.15) is 0 Å². The first-order chi connectivity index (χ1) is 11.3. The van der Waals surface area contributed by atoms with Gasteiger partial charge < -0.3 is 10.0 Å². The molecule has 4 nitrogen and oxygen atoms in total. The molecule has 0 aromatic rings. The normalized spacial score (nSPS) is 46.0. The highest BCUT2D eigenvalue weighted by molar-refractivity contribution is 6.36. The van der Waals surface area contributed by atoms with Crippen LogP contribution in [0.2, 0.25) is 0 Å². The molecule has 1 heterocycles. The van der Waals surface area contributed by atoms with Gasteiger partial charge in [-0.3, -0.25) is 9.59 Å². The summed E-state index contributed by atoms with van der Waals surface area (Å²) in [7, 11) is 0. The van der Waals surface area contributed by atoms with Crippen LogP contribution in [0.1, 0.15) is 44.9 Å². The van der Waals surface area contributed by atoms with Crippen LogP contribution in [0.3, 0.4) is 0 Å². The number of hydrogen-bond donors (Lipinski definition) is 1. The van der Waals surface area contributed by atoms with Crippen molar-refractivity contribution in [3.8, 4) is 0 Å². The molecule has 140 valence electrons. The first kappa shape index (κ1) is 17.2. The number of nitrogens with zero attached hydrogens (tertiary/aromatic N) is 1. The summed E-state index contributed by atoms with van der Waals surface area (Å²) in [6.45, 7) is -1.26. The first-order valence-corrected chi connectivity index (χ1v) is 8.30. The average Bonchev–Trinajstić information content (AvgIpc) is 2.85. The lowest BCUT2D eigenvalue weighted by Crippen LogP contribution is -2.65. The number of ketones is 1. The van der Waals surface area contributed by atoms with Crippen molar-refractivity contribution in [1.29, 1.82) is 0 Å². The van der Waals surface area contributed by atoms with Crippen molar-refractivity contribution >= 4 is 11.7 Å². The summed E-state index contributed by atoms with van der Waals surface area (Å²) >= 11 is 0. The molecule has 1 spiro atoms. The lowest BCUT2D eigenvalue weighted by atomic mass is 9.41. The van der Waals surface area contributed by atoms with Gasteiger partial charge in [-0.15, -0.1) is 0 Å². The number of aliphatic hydroxyl groups is 1. The van der Waals surface area contributed by atoms with Crippen molar-refractivity contribution in [3.63, 3.8) is 0 Å². The third-order valence-corrected chi connectivity index (χ3v) is 6.40. The minimum absolute atomic E-state index is 0.168. The van der Waals surface area contributed by atoms with Gasteiger partial charge in [-0.1, -0.05) is 0 Å². The number of halogens is 5. The van der Waals surface area contributed by atoms with E-state index in [-0.39, 0.29) is 25.7 Å². The quantitative estimate of drug-likeness (QED) is 0.615. The second-order valence-electron chi connectivity index (χ2n) is 8.47. The fraction of sp³-hybridized carbons (Fsp3) is 0.875. The van der Waals surface area contributed by atoms with Crippen LogP contribution in [0.25, 0.3) is 0 Å². The van der Waals surface area contributed by atoms with Gasteiger partial charge in [0.05, 0.1) is 12.1 Å². The lowest BCUT2D eigenvalue weighted by Gasteiger charge is -2.65. The van der Waals surface area contributed by atoms with E-state index in [0.29, 0.717) is 4.90 Å². The van der Waals surface area contributed by atoms with Crippen LogP contribution in [0.5, 0.6) is 0 Å². The number of carbonyl (C=O) groups is 2. The number of amides is 1. The van der Waals surface area contributed by atoms with E-state index in [1.165, 1.54) is 0 Å². The Morgan fingerprint density at radius 1 is 1.00 bits per heavy atom. The number of likely N-dealkylation sites (tertiary alicyclic amines) is 1. The van der Waals surface area contributed by atoms with Crippen LogP contribution in [-0.2, 0) is 9.59 Å². The summed E-state index contributed by atoms with van der Waals surface area (Å²) < 4.78 is 68.8. The van der Waals surface area contributed by atoms with Crippen LogP contribution >= 0.6 is 0 Å². The van der Waals surface area contributed by atoms with Crippen LogP contribution < -0.4 is 0 Å². The number of Topliss-reactive ketones (excluding diaryl/α,β-unsaturated/α-hetero) is 1. The first-order valence-electron chi connectivity index (χ1n) is 8.30. The van der Waals surface area contributed by atoms with Crippen molar-refractivity contribution < 1.29 is 36.6 Å². The Hall–Kier alpha value is -1.25. The van der Waals surface area contributed by atoms with Gasteiger partial charge in [0.25, 0.3) is 17.8 Å². The summed E-state index contributed by atoms with van der Waals surface area (Å²) in [5.74, 6) is -9.28. The summed E-state index contributed by atoms with van der Waals surface area (Å²) in [5, 5.41) is 9.93. The zero-order valence-corrected chi connectivity index (χ0v) is 13.3. The molecule has 4 aliphatic carbocycles. The second kappa shape index (κ2) is 4.53. The molecule has 4 saturated carbocycles. The topological polar surface area (TPSA) is 57.6 Å². The van der Waals surface area contributed by atoms with Gasteiger partial charge in [-0.25, -0.2) is 22.0 Å². The van der Waals surface area contributed by atoms with E-state index in [2.05, 4.69) is 0 Å². The standard InChI is InChI=1S/C16H18F5NO3/c17-13-4-12(5-13,6-13)3-9(23)10(24)22-8-16(20,21)11(25)14(22)1-2-15(18,19)7-14/h11,25H,1-8H2/t11-,12?,13?,14+/m1/s1. The Kier molecular flexibility index (Phi) is 3.11. The number of aliphatic hydroxyl groups excluding tert-OH is 1. The van der Waals surface area contributed by atoms with Gasteiger partial charge in [0.1, 0.15) is 11.8 Å². The molecule has 9 heteroatoms. The molecule has 5 aliphatic rings. The van der Waals surface area contributed by atoms with Crippen molar-refractivity contribution in [2.75, 3.05) is 6.54 Å². The summed E-state index contributed by atoms with van der Waals surface area (Å²) in [6, 6.07) is 0. The molecular weight excluding hydrogens is 349 g/mol. The number of hydrogen-bond acceptors (Lipinski definition) is 3. The molecule has 1 aliphatic heterocycles. The van der Waals surface area contributed by atoms with Crippen LogP contribution in [0.4, 0.5) is 22.0 Å². The van der Waals surface area contributed by atoms with E-state index in [4.69, 9.17) is 0 Å². The third kappa shape index (κ3) is 2.27. The monoisotopic (exact) mass is 367 g/mol. The highest BCUT2D eigenvalue weighted by Crippen LogP contribution is 2.71. The minimum atomic E-state index is -3.75. The van der Waals surface area contributed by atoms with E-state index < -0.39 is 72.1 Å². The van der Waals surface area contributed by atoms with E-state index in [1.54, 1.807) is 0 Å². The molecule has 0 aromatic carbocycles. The SMILES string of the molecule is O=C(CC12CC(F)(C1)C2)C(=O)N1CC(F)(F)[C@H](O)[C@@]12CCC(F)(F)C2. The maximum Gasteiger partial charge on any atom is 0.292 e. The zero-order chi connectivity index (χ0) is 18.5. The lowest BCUT2D eigenvalue weighted by molar-refractivity contribution is -0.216. The minimum Gasteiger partial charge on any atom is -0.384 e. The average molecular weight is 367 g/mol. The number of carbonyl (C=O) groups excluding carboxylic acids is 2. The summed E-state index contributed by atoms with van der Waals surface area (Å²) in [4.78, 5) is 25.2. The van der Waals surface area contributed by atoms with Crippen molar-refractivity contribution in [2.24, 2.45) is 5.41 Å². The molecule has 1 saturated heterocycles. The predicted molar refractivity (Wildman–Crippen MR) is 73.9 cm³/mol. The van der Waals surface area contributed by atoms with Crippen LogP contribution in [0, 0.1) is 5.41 Å². The van der Waals surface area contributed by atoms with Gasteiger partial charge >= 0.3 is 0 Å². The molecule has 5 rings (SSSR count). The Balaban J connectivity index is 1.55. The molecule has 1 N–H and O–H groups in total. The summed E-state index contributed by atoms with van der Waals surface area (Å²) in [5.41, 5.74) is -3.98. The molecular formula is C16H18F5NO3. The van der Waals surface area contributed by atoms with E-state index in [9.17, 15) is 36.6 Å². The third-order valence-electron chi connectivity index (χ3n) is 6.40. The zero-order valence-electron chi connectivity index (χ0n) is 13.3. The highest BCUT2D eigenvalue weighted by Gasteiger charge is 2.71. The smallest absolute Gasteiger partial charge is 0.292 e. The van der Waals surface area contributed by atoms with E-state index in [0.717, 1.165) is 0 Å². The number of alkyl halides is 5. The second-order valence-corrected chi connectivity index (χ2v) is 8.47. The maximum absolute atomic E-state index is 14.0. The van der Waals surface area contributed by atoms with Crippen LogP contribution in [0.15, 0.2) is 0 Å². The van der Waals surface area contributed by atoms with Crippen molar-refractivity contribution in [2.45, 2.75) is 74.1 Å². The Morgan fingerprint density at radius 2 is 1.60 bits per heavy atom. The molecule has 25 heavy (non-hydrogen) atoms. The molecule has 0 radical (unpaired) electrons. The van der Waals surface area contributed by atoms with Gasteiger partial charge in [0.2, 0.25) is 5.78 Å². The molecule has 5 fully saturated rings. The van der Waals surface area contributed by atoms with Crippen molar-refractivity contribution in [1.82, 2.24) is 4.90 Å². The van der Waals surface area contributed by atoms with Crippen LogP contribution in [-0.4, -0.2) is 57.4 Å². The molecule has 0 unspecified atom stereocenters. The largest absolute Gasteiger partial charge is 0.384 e. The molecule has 0 aromatic heterocycles. The van der Waals surface area contributed by atoms with Gasteiger partial charge in [-0.05, 0) is 31.1 Å². The molecule has 2 atom stereocenters. The molecule has 1 amide bonds. The Labute approximate surface area is 140 Å². The summed E-state index contributed by atoms with van der Waals surface area (Å²) in [6.07, 6.45) is -4.50. The number of rotatable bonds is 3. The fourth-order valence-corrected chi connectivity index (χ4v) is 5.37. The highest BCUT2D eigenvalue weighted by atomic mass is 19.3. The molecule has 2 bridgehead atoms. The maximum atomic E-state index is 14.0. The van der Waals surface area contributed by atoms with Gasteiger partial charge in [0, 0.05) is 19.3 Å². The predicted octanol–water partition coefficient (Wildman–Crippen LogP) is 2.23.